The van der Waals surface area contributed by atoms with Crippen molar-refractivity contribution >= 4 is 50.7 Å². The van der Waals surface area contributed by atoms with Crippen LogP contribution in [0.2, 0.25) is 5.02 Å². The van der Waals surface area contributed by atoms with Crippen molar-refractivity contribution in [2.75, 3.05) is 16.2 Å². The SMILES string of the molecule is C[C@@H]1CN(C(=O)C2CC2)c2cc(S(=O)(=O)Nc3ccc(Cl)cc3)ccc2S1. The van der Waals surface area contributed by atoms with Gasteiger partial charge < -0.3 is 4.90 Å². The molecule has 0 bridgehead atoms. The van der Waals surface area contributed by atoms with Crippen molar-refractivity contribution in [3.8, 4) is 0 Å². The highest BCUT2D eigenvalue weighted by Crippen LogP contribution is 2.42. The van der Waals surface area contributed by atoms with Crippen LogP contribution in [0.1, 0.15) is 19.8 Å². The molecule has 142 valence electrons. The molecule has 1 amide bonds. The molecule has 1 fully saturated rings. The number of nitrogens with one attached hydrogen (secondary N) is 1. The lowest BCUT2D eigenvalue weighted by Crippen LogP contribution is -2.39. The van der Waals surface area contributed by atoms with Crippen LogP contribution in [-0.4, -0.2) is 26.1 Å². The van der Waals surface area contributed by atoms with Gasteiger partial charge in [0.05, 0.1) is 10.6 Å². The molecule has 2 aromatic rings. The maximum atomic E-state index is 12.8. The highest BCUT2D eigenvalue weighted by Gasteiger charge is 2.37. The van der Waals surface area contributed by atoms with E-state index in [0.29, 0.717) is 22.9 Å². The van der Waals surface area contributed by atoms with Crippen molar-refractivity contribution in [1.82, 2.24) is 0 Å². The largest absolute Gasteiger partial charge is 0.310 e. The molecule has 1 saturated carbocycles. The van der Waals surface area contributed by atoms with Gasteiger partial charge in [0.25, 0.3) is 10.0 Å². The summed E-state index contributed by atoms with van der Waals surface area (Å²) in [6.45, 7) is 2.68. The lowest BCUT2D eigenvalue weighted by Gasteiger charge is -2.33. The molecule has 1 aliphatic carbocycles. The molecule has 8 heteroatoms. The molecular formula is C19H19ClN2O3S2. The van der Waals surface area contributed by atoms with Gasteiger partial charge in [0.15, 0.2) is 0 Å². The molecule has 1 aliphatic heterocycles. The molecular weight excluding hydrogens is 404 g/mol. The van der Waals surface area contributed by atoms with Gasteiger partial charge in [-0.2, -0.15) is 0 Å². The third-order valence-corrected chi connectivity index (χ3v) is 7.37. The number of thioether (sulfide) groups is 1. The first-order valence-corrected chi connectivity index (χ1v) is 11.5. The highest BCUT2D eigenvalue weighted by molar-refractivity contribution is 8.00. The summed E-state index contributed by atoms with van der Waals surface area (Å²) in [4.78, 5) is 15.5. The number of sulfonamides is 1. The van der Waals surface area contributed by atoms with Crippen molar-refractivity contribution in [3.63, 3.8) is 0 Å². The van der Waals surface area contributed by atoms with E-state index < -0.39 is 10.0 Å². The Morgan fingerprint density at radius 1 is 1.19 bits per heavy atom. The van der Waals surface area contributed by atoms with E-state index in [0.717, 1.165) is 17.7 Å². The van der Waals surface area contributed by atoms with E-state index in [1.54, 1.807) is 59.1 Å². The number of halogens is 1. The average molecular weight is 423 g/mol. The Bertz CT molecular complexity index is 989. The van der Waals surface area contributed by atoms with E-state index >= 15 is 0 Å². The third-order valence-electron chi connectivity index (χ3n) is 4.59. The van der Waals surface area contributed by atoms with Gasteiger partial charge in [0.2, 0.25) is 5.91 Å². The second-order valence-electron chi connectivity index (χ2n) is 6.89. The van der Waals surface area contributed by atoms with Crippen LogP contribution in [0.15, 0.2) is 52.3 Å². The van der Waals surface area contributed by atoms with Crippen LogP contribution >= 0.6 is 23.4 Å². The number of fused-ring (bicyclic) bond motifs is 1. The first-order valence-electron chi connectivity index (χ1n) is 8.74. The molecule has 2 aliphatic rings. The van der Waals surface area contributed by atoms with Gasteiger partial charge in [-0.1, -0.05) is 18.5 Å². The van der Waals surface area contributed by atoms with E-state index in [9.17, 15) is 13.2 Å². The molecule has 5 nitrogen and oxygen atoms in total. The minimum atomic E-state index is -3.77. The zero-order valence-electron chi connectivity index (χ0n) is 14.7. The second-order valence-corrected chi connectivity index (χ2v) is 10.5. The molecule has 0 unspecified atom stereocenters. The fourth-order valence-electron chi connectivity index (χ4n) is 3.08. The lowest BCUT2D eigenvalue weighted by molar-refractivity contribution is -0.119. The van der Waals surface area contributed by atoms with Gasteiger partial charge in [-0.15, -0.1) is 11.8 Å². The Hall–Kier alpha value is -1.70. The Balaban J connectivity index is 1.67. The average Bonchev–Trinajstić information content (AvgIpc) is 3.47. The zero-order valence-corrected chi connectivity index (χ0v) is 17.1. The summed E-state index contributed by atoms with van der Waals surface area (Å²) in [6.07, 6.45) is 1.84. The summed E-state index contributed by atoms with van der Waals surface area (Å²) in [7, 11) is -3.77. The summed E-state index contributed by atoms with van der Waals surface area (Å²) in [5.41, 5.74) is 1.13. The number of nitrogens with zero attached hydrogens (tertiary/aromatic N) is 1. The number of carbonyl (C=O) groups is 1. The zero-order chi connectivity index (χ0) is 19.2. The number of rotatable bonds is 4. The molecule has 0 radical (unpaired) electrons. The number of amides is 1. The van der Waals surface area contributed by atoms with Gasteiger partial charge in [0, 0.05) is 33.3 Å². The minimum Gasteiger partial charge on any atom is -0.310 e. The Kier molecular flexibility index (Phi) is 4.86. The highest BCUT2D eigenvalue weighted by atomic mass is 35.5. The van der Waals surface area contributed by atoms with Crippen molar-refractivity contribution < 1.29 is 13.2 Å². The van der Waals surface area contributed by atoms with Gasteiger partial charge in [-0.25, -0.2) is 8.42 Å². The number of hydrogen-bond donors (Lipinski definition) is 1. The summed E-state index contributed by atoms with van der Waals surface area (Å²) >= 11 is 7.52. The first kappa shape index (κ1) is 18.7. The Morgan fingerprint density at radius 2 is 1.89 bits per heavy atom. The van der Waals surface area contributed by atoms with Crippen molar-refractivity contribution in [2.24, 2.45) is 5.92 Å². The predicted molar refractivity (Wildman–Crippen MR) is 109 cm³/mol. The first-order chi connectivity index (χ1) is 12.8. The number of carbonyl (C=O) groups excluding carboxylic acids is 1. The number of benzene rings is 2. The lowest BCUT2D eigenvalue weighted by atomic mass is 10.2. The van der Waals surface area contributed by atoms with Crippen molar-refractivity contribution in [3.05, 3.63) is 47.5 Å². The predicted octanol–water partition coefficient (Wildman–Crippen LogP) is 4.38. The molecule has 0 aromatic heterocycles. The van der Waals surface area contributed by atoms with E-state index in [4.69, 9.17) is 11.6 Å². The van der Waals surface area contributed by atoms with Crippen molar-refractivity contribution in [2.45, 2.75) is 34.8 Å². The summed E-state index contributed by atoms with van der Waals surface area (Å²) < 4.78 is 28.2. The van der Waals surface area contributed by atoms with Crippen LogP contribution in [-0.2, 0) is 14.8 Å². The van der Waals surface area contributed by atoms with Gasteiger partial charge in [-0.05, 0) is 55.3 Å². The fraction of sp³-hybridized carbons (Fsp3) is 0.316. The Labute approximate surface area is 168 Å². The summed E-state index contributed by atoms with van der Waals surface area (Å²) in [5.74, 6) is 0.184. The quantitative estimate of drug-likeness (QED) is 0.794. The van der Waals surface area contributed by atoms with E-state index in [2.05, 4.69) is 11.6 Å². The summed E-state index contributed by atoms with van der Waals surface area (Å²) in [5, 5.41) is 0.807. The van der Waals surface area contributed by atoms with E-state index in [1.807, 2.05) is 0 Å². The smallest absolute Gasteiger partial charge is 0.261 e. The van der Waals surface area contributed by atoms with Crippen LogP contribution < -0.4 is 9.62 Å². The molecule has 1 heterocycles. The van der Waals surface area contributed by atoms with Crippen molar-refractivity contribution in [1.29, 1.82) is 0 Å². The second kappa shape index (κ2) is 7.04. The van der Waals surface area contributed by atoms with Crippen LogP contribution in [0.3, 0.4) is 0 Å². The topological polar surface area (TPSA) is 66.5 Å². The molecule has 1 atom stereocenters. The fourth-order valence-corrected chi connectivity index (χ4v) is 5.37. The molecule has 27 heavy (non-hydrogen) atoms. The van der Waals surface area contributed by atoms with Crippen LogP contribution in [0.4, 0.5) is 11.4 Å². The molecule has 4 rings (SSSR count). The maximum Gasteiger partial charge on any atom is 0.261 e. The van der Waals surface area contributed by atoms with Crippen LogP contribution in [0.5, 0.6) is 0 Å². The number of anilines is 2. The van der Waals surface area contributed by atoms with Crippen LogP contribution in [0, 0.1) is 5.92 Å². The standard InChI is InChI=1S/C19H19ClN2O3S2/c1-12-11-22(19(23)13-2-3-13)17-10-16(8-9-18(17)26-12)27(24,25)21-15-6-4-14(20)5-7-15/h4-10,12-13,21H,2-3,11H2,1H3/t12-/m1/s1. The normalized spacial score (nSPS) is 19.5. The molecule has 2 aromatic carbocycles. The van der Waals surface area contributed by atoms with E-state index in [-0.39, 0.29) is 22.0 Å². The van der Waals surface area contributed by atoms with Crippen LogP contribution in [0.25, 0.3) is 0 Å². The Morgan fingerprint density at radius 3 is 2.56 bits per heavy atom. The summed E-state index contributed by atoms with van der Waals surface area (Å²) in [6, 6.07) is 11.5. The van der Waals surface area contributed by atoms with E-state index in [1.165, 1.54) is 0 Å². The van der Waals surface area contributed by atoms with Gasteiger partial charge in [-0.3, -0.25) is 9.52 Å². The monoisotopic (exact) mass is 422 g/mol. The molecule has 1 N–H and O–H groups in total. The molecule has 0 spiro atoms. The third kappa shape index (κ3) is 3.95. The van der Waals surface area contributed by atoms with Gasteiger partial charge >= 0.3 is 0 Å². The number of hydrogen-bond acceptors (Lipinski definition) is 4. The maximum absolute atomic E-state index is 12.8. The molecule has 0 saturated heterocycles. The minimum absolute atomic E-state index is 0.0839. The van der Waals surface area contributed by atoms with Gasteiger partial charge in [0.1, 0.15) is 0 Å².